The number of rotatable bonds is 4. The molecule has 0 saturated carbocycles. The van der Waals surface area contributed by atoms with Gasteiger partial charge in [0.1, 0.15) is 0 Å². The third-order valence-corrected chi connectivity index (χ3v) is 3.21. The average molecular weight is 274 g/mol. The van der Waals surface area contributed by atoms with Crippen LogP contribution in [0.15, 0.2) is 29.0 Å². The first-order valence-electron chi connectivity index (χ1n) is 6.33. The van der Waals surface area contributed by atoms with Crippen LogP contribution in [0.4, 0.5) is 5.69 Å². The maximum absolute atomic E-state index is 12.1. The van der Waals surface area contributed by atoms with Crippen molar-refractivity contribution >= 4 is 11.6 Å². The van der Waals surface area contributed by atoms with E-state index in [2.05, 4.69) is 15.5 Å². The lowest BCUT2D eigenvalue weighted by Crippen LogP contribution is -2.37. The van der Waals surface area contributed by atoms with E-state index in [4.69, 9.17) is 10.2 Å². The fraction of sp³-hybridized carbons (Fsp3) is 0.357. The fourth-order valence-corrected chi connectivity index (χ4v) is 1.62. The summed E-state index contributed by atoms with van der Waals surface area (Å²) in [5.41, 5.74) is 7.48. The molecule has 0 unspecified atom stereocenters. The number of amides is 1. The summed E-state index contributed by atoms with van der Waals surface area (Å²) in [5.74, 6) is 0.349. The number of nitrogens with one attached hydrogen (secondary N) is 1. The minimum absolute atomic E-state index is 0.103. The summed E-state index contributed by atoms with van der Waals surface area (Å²) in [6, 6.07) is 5.53. The Morgan fingerprint density at radius 1 is 1.45 bits per heavy atom. The molecule has 6 heteroatoms. The molecular weight excluding hydrogens is 256 g/mol. The van der Waals surface area contributed by atoms with Gasteiger partial charge in [0.15, 0.2) is 0 Å². The van der Waals surface area contributed by atoms with E-state index in [0.717, 1.165) is 16.8 Å². The van der Waals surface area contributed by atoms with Gasteiger partial charge >= 0.3 is 0 Å². The highest BCUT2D eigenvalue weighted by Gasteiger charge is 2.26. The number of nitrogens with zero attached hydrogens (tertiary/aromatic N) is 2. The molecule has 0 fully saturated rings. The summed E-state index contributed by atoms with van der Waals surface area (Å²) in [6.07, 6.45) is 1.28. The van der Waals surface area contributed by atoms with E-state index < -0.39 is 5.41 Å². The second-order valence-corrected chi connectivity index (χ2v) is 5.32. The number of aromatic nitrogens is 2. The topological polar surface area (TPSA) is 94.0 Å². The lowest BCUT2D eigenvalue weighted by atomic mass is 9.92. The van der Waals surface area contributed by atoms with E-state index in [1.165, 1.54) is 6.39 Å². The molecule has 0 aliphatic heterocycles. The maximum atomic E-state index is 12.1. The molecular formula is C14H18N4O2. The predicted octanol–water partition coefficient (Wildman–Crippen LogP) is 1.97. The van der Waals surface area contributed by atoms with Crippen molar-refractivity contribution in [3.63, 3.8) is 0 Å². The Hall–Kier alpha value is -2.21. The molecule has 1 aromatic carbocycles. The highest BCUT2D eigenvalue weighted by Crippen LogP contribution is 2.25. The molecule has 106 valence electrons. The predicted molar refractivity (Wildman–Crippen MR) is 75.9 cm³/mol. The van der Waals surface area contributed by atoms with Gasteiger partial charge in [-0.3, -0.25) is 4.79 Å². The summed E-state index contributed by atoms with van der Waals surface area (Å²) >= 11 is 0. The Morgan fingerprint density at radius 3 is 2.75 bits per heavy atom. The molecule has 0 aliphatic carbocycles. The quantitative estimate of drug-likeness (QED) is 0.888. The molecule has 6 nitrogen and oxygen atoms in total. The molecule has 0 saturated heterocycles. The molecule has 2 rings (SSSR count). The van der Waals surface area contributed by atoms with Crippen LogP contribution >= 0.6 is 0 Å². The van der Waals surface area contributed by atoms with Crippen LogP contribution in [0.1, 0.15) is 19.4 Å². The van der Waals surface area contributed by atoms with Gasteiger partial charge in [-0.1, -0.05) is 0 Å². The van der Waals surface area contributed by atoms with Gasteiger partial charge in [0.2, 0.25) is 18.2 Å². The zero-order valence-electron chi connectivity index (χ0n) is 11.8. The molecule has 0 spiro atoms. The second-order valence-electron chi connectivity index (χ2n) is 5.32. The van der Waals surface area contributed by atoms with Gasteiger partial charge in [-0.25, -0.2) is 0 Å². The number of carbonyl (C=O) groups is 1. The summed E-state index contributed by atoms with van der Waals surface area (Å²) in [6.45, 7) is 5.82. The van der Waals surface area contributed by atoms with Crippen LogP contribution < -0.4 is 11.1 Å². The van der Waals surface area contributed by atoms with Crippen molar-refractivity contribution < 1.29 is 9.21 Å². The van der Waals surface area contributed by atoms with Crippen LogP contribution in [0.3, 0.4) is 0 Å². The van der Waals surface area contributed by atoms with E-state index in [0.29, 0.717) is 5.89 Å². The molecule has 20 heavy (non-hydrogen) atoms. The number of anilines is 1. The highest BCUT2D eigenvalue weighted by atomic mass is 16.4. The summed E-state index contributed by atoms with van der Waals surface area (Å²) < 4.78 is 5.14. The summed E-state index contributed by atoms with van der Waals surface area (Å²) in [4.78, 5) is 12.1. The normalized spacial score (nSPS) is 11.4. The lowest BCUT2D eigenvalue weighted by molar-refractivity contribution is -0.123. The van der Waals surface area contributed by atoms with Gasteiger partial charge in [-0.2, -0.15) is 0 Å². The van der Waals surface area contributed by atoms with Crippen LogP contribution in [0.2, 0.25) is 0 Å². The highest BCUT2D eigenvalue weighted by molar-refractivity contribution is 5.95. The fourth-order valence-electron chi connectivity index (χ4n) is 1.62. The zero-order valence-corrected chi connectivity index (χ0v) is 11.8. The van der Waals surface area contributed by atoms with Gasteiger partial charge in [-0.15, -0.1) is 10.2 Å². The van der Waals surface area contributed by atoms with E-state index in [1.54, 1.807) is 0 Å². The molecule has 3 N–H and O–H groups in total. The molecule has 0 bridgehead atoms. The minimum Gasteiger partial charge on any atom is -0.423 e. The Morgan fingerprint density at radius 2 is 2.20 bits per heavy atom. The lowest BCUT2D eigenvalue weighted by Gasteiger charge is -2.22. The standard InChI is InChI=1S/C14H18N4O2/c1-9-6-10(12-18-16-8-20-12)4-5-11(9)17-13(19)14(2,3)7-15/h4-6,8H,7,15H2,1-3H3,(H,17,19). The number of nitrogens with two attached hydrogens (primary N) is 1. The first kappa shape index (κ1) is 14.2. The molecule has 2 aromatic rings. The van der Waals surface area contributed by atoms with E-state index in [-0.39, 0.29) is 12.5 Å². The van der Waals surface area contributed by atoms with Crippen molar-refractivity contribution in [2.45, 2.75) is 20.8 Å². The first-order chi connectivity index (χ1) is 9.44. The zero-order chi connectivity index (χ0) is 14.8. The minimum atomic E-state index is -0.600. The van der Waals surface area contributed by atoms with Crippen LogP contribution in [0, 0.1) is 12.3 Å². The molecule has 0 aliphatic rings. The van der Waals surface area contributed by atoms with Crippen LogP contribution in [-0.2, 0) is 4.79 Å². The molecule has 1 aromatic heterocycles. The molecule has 1 heterocycles. The van der Waals surface area contributed by atoms with Crippen molar-refractivity contribution in [2.24, 2.45) is 11.1 Å². The Labute approximate surface area is 117 Å². The van der Waals surface area contributed by atoms with Gasteiger partial charge in [0.25, 0.3) is 0 Å². The Kier molecular flexibility index (Phi) is 3.85. The molecule has 0 atom stereocenters. The van der Waals surface area contributed by atoms with Gasteiger partial charge in [0.05, 0.1) is 5.41 Å². The number of hydrogen-bond donors (Lipinski definition) is 2. The van der Waals surface area contributed by atoms with E-state index >= 15 is 0 Å². The summed E-state index contributed by atoms with van der Waals surface area (Å²) in [5, 5.41) is 10.4. The van der Waals surface area contributed by atoms with E-state index in [1.807, 2.05) is 39.0 Å². The van der Waals surface area contributed by atoms with Crippen molar-refractivity contribution in [1.82, 2.24) is 10.2 Å². The largest absolute Gasteiger partial charge is 0.423 e. The number of hydrogen-bond acceptors (Lipinski definition) is 5. The SMILES string of the molecule is Cc1cc(-c2nnco2)ccc1NC(=O)C(C)(C)CN. The Bertz CT molecular complexity index is 606. The second kappa shape index (κ2) is 5.42. The Balaban J connectivity index is 2.21. The van der Waals surface area contributed by atoms with Crippen molar-refractivity contribution in [3.05, 3.63) is 30.2 Å². The monoisotopic (exact) mass is 274 g/mol. The van der Waals surface area contributed by atoms with Crippen LogP contribution in [0.5, 0.6) is 0 Å². The van der Waals surface area contributed by atoms with Crippen LogP contribution in [-0.4, -0.2) is 22.6 Å². The van der Waals surface area contributed by atoms with E-state index in [9.17, 15) is 4.79 Å². The van der Waals surface area contributed by atoms with Crippen LogP contribution in [0.25, 0.3) is 11.5 Å². The van der Waals surface area contributed by atoms with Gasteiger partial charge in [-0.05, 0) is 44.5 Å². The summed E-state index contributed by atoms with van der Waals surface area (Å²) in [7, 11) is 0. The van der Waals surface area contributed by atoms with Gasteiger partial charge in [0, 0.05) is 17.8 Å². The molecule has 0 radical (unpaired) electrons. The number of aryl methyl sites for hydroxylation is 1. The van der Waals surface area contributed by atoms with Crippen molar-refractivity contribution in [2.75, 3.05) is 11.9 Å². The maximum Gasteiger partial charge on any atom is 0.247 e. The number of carbonyl (C=O) groups excluding carboxylic acids is 1. The van der Waals surface area contributed by atoms with Crippen molar-refractivity contribution in [3.8, 4) is 11.5 Å². The smallest absolute Gasteiger partial charge is 0.247 e. The van der Waals surface area contributed by atoms with Crippen molar-refractivity contribution in [1.29, 1.82) is 0 Å². The first-order valence-corrected chi connectivity index (χ1v) is 6.33. The molecule has 1 amide bonds. The third kappa shape index (κ3) is 2.85. The third-order valence-electron chi connectivity index (χ3n) is 3.21. The van der Waals surface area contributed by atoms with Gasteiger partial charge < -0.3 is 15.5 Å². The number of benzene rings is 1. The average Bonchev–Trinajstić information content (AvgIpc) is 2.94.